The number of fused-ring (bicyclic) bond motifs is 2. The number of alkyl halides is 2. The van der Waals surface area contributed by atoms with Crippen LogP contribution >= 0.6 is 0 Å². The lowest BCUT2D eigenvalue weighted by molar-refractivity contribution is -0.286. The first kappa shape index (κ1) is 21.3. The molecule has 168 valence electrons. The topological polar surface area (TPSA) is 108 Å². The minimum atomic E-state index is -3.70. The van der Waals surface area contributed by atoms with Gasteiger partial charge in [-0.05, 0) is 19.3 Å². The van der Waals surface area contributed by atoms with Crippen LogP contribution in [0.4, 0.5) is 8.78 Å². The molecule has 0 radical (unpaired) electrons. The molecule has 1 fully saturated rings. The van der Waals surface area contributed by atoms with Crippen molar-refractivity contribution in [3.63, 3.8) is 0 Å². The Morgan fingerprint density at radius 3 is 2.90 bits per heavy atom. The van der Waals surface area contributed by atoms with Gasteiger partial charge in [0.15, 0.2) is 11.5 Å². The van der Waals surface area contributed by atoms with E-state index in [0.29, 0.717) is 47.7 Å². The Morgan fingerprint density at radius 2 is 2.19 bits per heavy atom. The van der Waals surface area contributed by atoms with Gasteiger partial charge in [-0.25, -0.2) is 10.0 Å². The summed E-state index contributed by atoms with van der Waals surface area (Å²) in [5, 5.41) is 10.1. The standard InChI is InChI=1S/C20H24F2N4O5/c1-2-3-5-12(10-25(29)11-27)19(28)26-7-4-6-15(26)18-23-13-8-16-17(9-14(13)24-18)31-20(21,22)30-16/h8-9,11-12,15,29H,2-7,10H2,1H3,(H,23,24)/t12-,15+/m1/s1. The molecule has 0 aliphatic carbocycles. The van der Waals surface area contributed by atoms with Crippen LogP contribution in [0.2, 0.25) is 0 Å². The third-order valence-corrected chi connectivity index (χ3v) is 5.66. The fourth-order valence-corrected chi connectivity index (χ4v) is 4.19. The van der Waals surface area contributed by atoms with Crippen LogP contribution in [0.5, 0.6) is 11.5 Å². The van der Waals surface area contributed by atoms with Gasteiger partial charge in [0.05, 0.1) is 29.5 Å². The van der Waals surface area contributed by atoms with Crippen molar-refractivity contribution in [2.45, 2.75) is 51.4 Å². The normalized spacial score (nSPS) is 20.3. The van der Waals surface area contributed by atoms with Gasteiger partial charge in [0.2, 0.25) is 12.3 Å². The van der Waals surface area contributed by atoms with E-state index in [1.165, 1.54) is 12.1 Å². The summed E-state index contributed by atoms with van der Waals surface area (Å²) in [5.74, 6) is -0.296. The number of amides is 2. The zero-order chi connectivity index (χ0) is 22.2. The second-order valence-electron chi connectivity index (χ2n) is 7.86. The largest absolute Gasteiger partial charge is 0.586 e. The predicted molar refractivity (Wildman–Crippen MR) is 104 cm³/mol. The number of H-pyrrole nitrogens is 1. The highest BCUT2D eigenvalue weighted by Gasteiger charge is 2.44. The second-order valence-corrected chi connectivity index (χ2v) is 7.86. The van der Waals surface area contributed by atoms with Gasteiger partial charge in [-0.15, -0.1) is 8.78 Å². The molecule has 0 bridgehead atoms. The number of carbonyl (C=O) groups excluding carboxylic acids is 2. The Balaban J connectivity index is 1.56. The number of hydrogen-bond acceptors (Lipinski definition) is 6. The molecule has 9 nitrogen and oxygen atoms in total. The molecule has 0 spiro atoms. The van der Waals surface area contributed by atoms with Crippen LogP contribution in [0.1, 0.15) is 50.9 Å². The lowest BCUT2D eigenvalue weighted by Gasteiger charge is -2.29. The van der Waals surface area contributed by atoms with E-state index in [-0.39, 0.29) is 30.0 Å². The highest BCUT2D eigenvalue weighted by atomic mass is 19.3. The monoisotopic (exact) mass is 438 g/mol. The molecule has 11 heteroatoms. The maximum atomic E-state index is 13.3. The summed E-state index contributed by atoms with van der Waals surface area (Å²) in [6.45, 7) is 2.47. The number of nitrogens with zero attached hydrogens (tertiary/aromatic N) is 3. The van der Waals surface area contributed by atoms with E-state index in [0.717, 1.165) is 19.3 Å². The van der Waals surface area contributed by atoms with E-state index in [4.69, 9.17) is 0 Å². The zero-order valence-electron chi connectivity index (χ0n) is 17.0. The summed E-state index contributed by atoms with van der Waals surface area (Å²) in [4.78, 5) is 33.4. The number of benzene rings is 1. The summed E-state index contributed by atoms with van der Waals surface area (Å²) in [6, 6.07) is 2.47. The number of aromatic nitrogens is 2. The predicted octanol–water partition coefficient (Wildman–Crippen LogP) is 3.20. The van der Waals surface area contributed by atoms with Crippen molar-refractivity contribution in [3.05, 3.63) is 18.0 Å². The van der Waals surface area contributed by atoms with E-state index in [1.54, 1.807) is 4.90 Å². The number of likely N-dealkylation sites (tertiary alicyclic amines) is 1. The van der Waals surface area contributed by atoms with Crippen molar-refractivity contribution < 1.29 is 33.1 Å². The number of hydroxylamine groups is 2. The van der Waals surface area contributed by atoms with Crippen molar-refractivity contribution in [2.75, 3.05) is 13.1 Å². The fraction of sp³-hybridized carbons (Fsp3) is 0.550. The third kappa shape index (κ3) is 4.27. The summed E-state index contributed by atoms with van der Waals surface area (Å²) in [5.41, 5.74) is 0.929. The van der Waals surface area contributed by atoms with Crippen LogP contribution in [-0.4, -0.2) is 56.8 Å². The first-order valence-corrected chi connectivity index (χ1v) is 10.3. The van der Waals surface area contributed by atoms with Gasteiger partial charge in [0.25, 0.3) is 0 Å². The summed E-state index contributed by atoms with van der Waals surface area (Å²) in [6.07, 6.45) is 0.291. The molecule has 2 aliphatic rings. The van der Waals surface area contributed by atoms with E-state index in [9.17, 15) is 23.6 Å². The lowest BCUT2D eigenvalue weighted by Crippen LogP contribution is -2.40. The molecule has 2 N–H and O–H groups in total. The zero-order valence-corrected chi connectivity index (χ0v) is 17.0. The van der Waals surface area contributed by atoms with Crippen LogP contribution in [0, 0.1) is 5.92 Å². The van der Waals surface area contributed by atoms with Gasteiger partial charge in [0.1, 0.15) is 5.82 Å². The summed E-state index contributed by atoms with van der Waals surface area (Å²) >= 11 is 0. The fourth-order valence-electron chi connectivity index (χ4n) is 4.19. The van der Waals surface area contributed by atoms with Gasteiger partial charge in [0, 0.05) is 18.7 Å². The van der Waals surface area contributed by atoms with Crippen molar-refractivity contribution >= 4 is 23.4 Å². The molecule has 1 aromatic carbocycles. The van der Waals surface area contributed by atoms with Crippen LogP contribution < -0.4 is 9.47 Å². The SMILES string of the molecule is CCCC[C@H](CN(O)C=O)C(=O)N1CCC[C@H]1c1nc2cc3c(cc2[nH]1)OC(F)(F)O3. The van der Waals surface area contributed by atoms with Crippen molar-refractivity contribution in [2.24, 2.45) is 5.92 Å². The molecule has 2 atom stereocenters. The molecule has 1 saturated heterocycles. The molecule has 31 heavy (non-hydrogen) atoms. The molecular weight excluding hydrogens is 414 g/mol. The number of halogens is 2. The Hall–Kier alpha value is -2.95. The van der Waals surface area contributed by atoms with E-state index in [2.05, 4.69) is 19.4 Å². The van der Waals surface area contributed by atoms with Crippen molar-refractivity contribution in [1.29, 1.82) is 0 Å². The number of rotatable bonds is 8. The molecule has 0 saturated carbocycles. The maximum absolute atomic E-state index is 13.3. The van der Waals surface area contributed by atoms with Gasteiger partial charge in [-0.2, -0.15) is 0 Å². The van der Waals surface area contributed by atoms with E-state index < -0.39 is 12.2 Å². The first-order chi connectivity index (χ1) is 14.8. The molecule has 1 aromatic heterocycles. The molecule has 2 aromatic rings. The number of unbranched alkanes of at least 4 members (excludes halogenated alkanes) is 1. The molecule has 2 amide bonds. The second kappa shape index (κ2) is 8.29. The summed E-state index contributed by atoms with van der Waals surface area (Å²) < 4.78 is 35.5. The number of carbonyl (C=O) groups is 2. The molecule has 3 heterocycles. The van der Waals surface area contributed by atoms with Crippen LogP contribution in [0.15, 0.2) is 12.1 Å². The van der Waals surface area contributed by atoms with Crippen molar-refractivity contribution in [1.82, 2.24) is 19.9 Å². The number of aromatic amines is 1. The minimum Gasteiger partial charge on any atom is -0.395 e. The molecular formula is C20H24F2N4O5. The Labute approximate surface area is 176 Å². The van der Waals surface area contributed by atoms with Crippen LogP contribution in [-0.2, 0) is 9.59 Å². The highest BCUT2D eigenvalue weighted by molar-refractivity contribution is 5.82. The number of nitrogens with one attached hydrogen (secondary N) is 1. The number of hydrogen-bond donors (Lipinski definition) is 2. The van der Waals surface area contributed by atoms with Gasteiger partial charge >= 0.3 is 6.29 Å². The molecule has 0 unspecified atom stereocenters. The average Bonchev–Trinajstić information content (AvgIpc) is 3.42. The average molecular weight is 438 g/mol. The Bertz CT molecular complexity index is 937. The molecule has 2 aliphatic heterocycles. The Kier molecular flexibility index (Phi) is 5.69. The smallest absolute Gasteiger partial charge is 0.395 e. The van der Waals surface area contributed by atoms with Crippen LogP contribution in [0.25, 0.3) is 11.0 Å². The highest BCUT2D eigenvalue weighted by Crippen LogP contribution is 2.43. The Morgan fingerprint density at radius 1 is 1.45 bits per heavy atom. The lowest BCUT2D eigenvalue weighted by atomic mass is 9.99. The summed E-state index contributed by atoms with van der Waals surface area (Å²) in [7, 11) is 0. The maximum Gasteiger partial charge on any atom is 0.586 e. The van der Waals surface area contributed by atoms with Gasteiger partial charge in [-0.1, -0.05) is 19.8 Å². The third-order valence-electron chi connectivity index (χ3n) is 5.66. The van der Waals surface area contributed by atoms with Crippen LogP contribution in [0.3, 0.4) is 0 Å². The number of ether oxygens (including phenoxy) is 2. The molecule has 4 rings (SSSR count). The number of imidazole rings is 1. The minimum absolute atomic E-state index is 0.0682. The van der Waals surface area contributed by atoms with E-state index >= 15 is 0 Å². The van der Waals surface area contributed by atoms with Gasteiger partial charge < -0.3 is 19.4 Å². The quantitative estimate of drug-likeness (QED) is 0.372. The van der Waals surface area contributed by atoms with E-state index in [1.807, 2.05) is 6.92 Å². The first-order valence-electron chi connectivity index (χ1n) is 10.3. The van der Waals surface area contributed by atoms with Crippen molar-refractivity contribution in [3.8, 4) is 11.5 Å². The van der Waals surface area contributed by atoms with Gasteiger partial charge in [-0.3, -0.25) is 14.8 Å².